The van der Waals surface area contributed by atoms with Gasteiger partial charge >= 0.3 is 0 Å². The summed E-state index contributed by atoms with van der Waals surface area (Å²) in [5.41, 5.74) is 8.20. The molecular weight excluding hydrogens is 342 g/mol. The number of hydrogen-bond acceptors (Lipinski definition) is 4. The molecule has 6 heteroatoms. The predicted octanol–water partition coefficient (Wildman–Crippen LogP) is 4.37. The van der Waals surface area contributed by atoms with Crippen LogP contribution in [-0.2, 0) is 0 Å². The Labute approximate surface area is 149 Å². The first-order chi connectivity index (χ1) is 11.9. The molecule has 5 nitrogen and oxygen atoms in total. The van der Waals surface area contributed by atoms with E-state index >= 15 is 0 Å². The molecule has 1 heterocycles. The first kappa shape index (κ1) is 17.0. The Morgan fingerprint density at radius 2 is 1.92 bits per heavy atom. The quantitative estimate of drug-likeness (QED) is 0.703. The SMILES string of the molecule is COc1ccc(-c2c(C)cccc2Cl)c2c(C(N)=O)c(C(C)=O)oc12. The van der Waals surface area contributed by atoms with Crippen LogP contribution in [0.25, 0.3) is 22.1 Å². The van der Waals surface area contributed by atoms with E-state index in [2.05, 4.69) is 0 Å². The van der Waals surface area contributed by atoms with Crippen molar-refractivity contribution in [3.63, 3.8) is 0 Å². The Balaban J connectivity index is 2.54. The van der Waals surface area contributed by atoms with Crippen LogP contribution in [0.2, 0.25) is 5.02 Å². The molecule has 0 aliphatic rings. The lowest BCUT2D eigenvalue weighted by atomic mass is 9.94. The number of furan rings is 1. The molecule has 0 radical (unpaired) electrons. The monoisotopic (exact) mass is 357 g/mol. The number of carbonyl (C=O) groups is 2. The molecule has 0 saturated carbocycles. The maximum Gasteiger partial charge on any atom is 0.253 e. The molecule has 0 spiro atoms. The van der Waals surface area contributed by atoms with Gasteiger partial charge in [-0.1, -0.05) is 23.7 Å². The third kappa shape index (κ3) is 2.66. The van der Waals surface area contributed by atoms with E-state index in [9.17, 15) is 9.59 Å². The van der Waals surface area contributed by atoms with Crippen molar-refractivity contribution in [3.05, 3.63) is 52.2 Å². The van der Waals surface area contributed by atoms with Crippen LogP contribution >= 0.6 is 11.6 Å². The number of benzene rings is 2. The minimum Gasteiger partial charge on any atom is -0.493 e. The van der Waals surface area contributed by atoms with Crippen LogP contribution in [0.3, 0.4) is 0 Å². The van der Waals surface area contributed by atoms with Crippen LogP contribution in [0.5, 0.6) is 5.75 Å². The van der Waals surface area contributed by atoms with Gasteiger partial charge in [0.25, 0.3) is 5.91 Å². The zero-order valence-corrected chi connectivity index (χ0v) is 14.7. The van der Waals surface area contributed by atoms with Crippen LogP contribution in [0.1, 0.15) is 33.4 Å². The number of methoxy groups -OCH3 is 1. The van der Waals surface area contributed by atoms with Crippen LogP contribution in [0.15, 0.2) is 34.7 Å². The van der Waals surface area contributed by atoms with Crippen molar-refractivity contribution in [1.29, 1.82) is 0 Å². The third-order valence-corrected chi connectivity index (χ3v) is 4.40. The summed E-state index contributed by atoms with van der Waals surface area (Å²) in [6, 6.07) is 9.00. The van der Waals surface area contributed by atoms with Gasteiger partial charge in [0.05, 0.1) is 12.7 Å². The number of primary amides is 1. The molecule has 3 aromatic rings. The second-order valence-corrected chi connectivity index (χ2v) is 6.09. The second-order valence-electron chi connectivity index (χ2n) is 5.68. The lowest BCUT2D eigenvalue weighted by Gasteiger charge is -2.11. The fraction of sp³-hybridized carbons (Fsp3) is 0.158. The highest BCUT2D eigenvalue weighted by atomic mass is 35.5. The van der Waals surface area contributed by atoms with Crippen LogP contribution in [0.4, 0.5) is 0 Å². The first-order valence-electron chi connectivity index (χ1n) is 7.56. The number of Topliss-reactive ketones (excluding diaryl/α,β-unsaturated/α-hetero) is 1. The predicted molar refractivity (Wildman–Crippen MR) is 96.5 cm³/mol. The molecule has 25 heavy (non-hydrogen) atoms. The normalized spacial score (nSPS) is 10.9. The van der Waals surface area contributed by atoms with E-state index in [1.807, 2.05) is 19.1 Å². The summed E-state index contributed by atoms with van der Waals surface area (Å²) in [6.07, 6.45) is 0. The average Bonchev–Trinajstić information content (AvgIpc) is 2.96. The van der Waals surface area contributed by atoms with Gasteiger partial charge in [0.2, 0.25) is 0 Å². The highest BCUT2D eigenvalue weighted by Crippen LogP contribution is 2.42. The van der Waals surface area contributed by atoms with Crippen LogP contribution < -0.4 is 10.5 Å². The topological polar surface area (TPSA) is 82.5 Å². The Hall–Kier alpha value is -2.79. The van der Waals surface area contributed by atoms with E-state index in [1.54, 1.807) is 18.2 Å². The number of aryl methyl sites for hydroxylation is 1. The zero-order valence-electron chi connectivity index (χ0n) is 14.0. The third-order valence-electron chi connectivity index (χ3n) is 4.08. The van der Waals surface area contributed by atoms with Crippen molar-refractivity contribution in [1.82, 2.24) is 0 Å². The molecule has 0 saturated heterocycles. The number of ether oxygens (including phenoxy) is 1. The molecule has 2 N–H and O–H groups in total. The van der Waals surface area contributed by atoms with Crippen molar-refractivity contribution in [2.24, 2.45) is 5.73 Å². The molecule has 1 amide bonds. The van der Waals surface area contributed by atoms with Gasteiger partial charge in [-0.05, 0) is 36.2 Å². The number of carbonyl (C=O) groups excluding carboxylic acids is 2. The minimum atomic E-state index is -0.747. The van der Waals surface area contributed by atoms with Crippen molar-refractivity contribution in [2.75, 3.05) is 7.11 Å². The maximum atomic E-state index is 12.1. The number of amides is 1. The standard InChI is InChI=1S/C19H16ClNO4/c1-9-5-4-6-12(20)14(9)11-7-8-13(24-3)18-15(11)16(19(21)23)17(25-18)10(2)22/h4-8H,1-3H3,(H2,21,23). The highest BCUT2D eigenvalue weighted by Gasteiger charge is 2.27. The summed E-state index contributed by atoms with van der Waals surface area (Å²) < 4.78 is 11.0. The van der Waals surface area contributed by atoms with Crippen molar-refractivity contribution in [2.45, 2.75) is 13.8 Å². The summed E-state index contributed by atoms with van der Waals surface area (Å²) in [6.45, 7) is 3.23. The number of nitrogens with two attached hydrogens (primary N) is 1. The number of rotatable bonds is 4. The van der Waals surface area contributed by atoms with Crippen LogP contribution in [0, 0.1) is 6.92 Å². The Morgan fingerprint density at radius 1 is 1.20 bits per heavy atom. The largest absolute Gasteiger partial charge is 0.493 e. The molecule has 0 bridgehead atoms. The van der Waals surface area contributed by atoms with Gasteiger partial charge in [0.1, 0.15) is 0 Å². The van der Waals surface area contributed by atoms with E-state index in [0.717, 1.165) is 11.1 Å². The molecule has 0 aliphatic carbocycles. The fourth-order valence-corrected chi connectivity index (χ4v) is 3.33. The summed E-state index contributed by atoms with van der Waals surface area (Å²) in [4.78, 5) is 24.0. The number of hydrogen-bond donors (Lipinski definition) is 1. The Bertz CT molecular complexity index is 1000. The van der Waals surface area contributed by atoms with Crippen molar-refractivity contribution < 1.29 is 18.7 Å². The number of fused-ring (bicyclic) bond motifs is 1. The Morgan fingerprint density at radius 3 is 2.48 bits per heavy atom. The average molecular weight is 358 g/mol. The van der Waals surface area contributed by atoms with Gasteiger partial charge in [-0.25, -0.2) is 0 Å². The van der Waals surface area contributed by atoms with E-state index < -0.39 is 11.7 Å². The molecule has 0 unspecified atom stereocenters. The first-order valence-corrected chi connectivity index (χ1v) is 7.94. The van der Waals surface area contributed by atoms with E-state index in [-0.39, 0.29) is 11.3 Å². The van der Waals surface area contributed by atoms with Crippen LogP contribution in [-0.4, -0.2) is 18.8 Å². The molecular formula is C19H16ClNO4. The van der Waals surface area contributed by atoms with Gasteiger partial charge in [0.15, 0.2) is 22.9 Å². The maximum absolute atomic E-state index is 12.1. The van der Waals surface area contributed by atoms with E-state index in [0.29, 0.717) is 27.3 Å². The van der Waals surface area contributed by atoms with Gasteiger partial charge in [0, 0.05) is 22.9 Å². The minimum absolute atomic E-state index is 0.0377. The van der Waals surface area contributed by atoms with Gasteiger partial charge in [-0.15, -0.1) is 0 Å². The van der Waals surface area contributed by atoms with Gasteiger partial charge < -0.3 is 14.9 Å². The molecule has 128 valence electrons. The summed E-state index contributed by atoms with van der Waals surface area (Å²) in [5, 5.41) is 0.945. The highest BCUT2D eigenvalue weighted by molar-refractivity contribution is 6.34. The zero-order chi connectivity index (χ0) is 18.3. The van der Waals surface area contributed by atoms with E-state index in [1.165, 1.54) is 14.0 Å². The number of halogens is 1. The molecule has 0 fully saturated rings. The Kier molecular flexibility index (Phi) is 4.27. The second kappa shape index (κ2) is 6.26. The van der Waals surface area contributed by atoms with Crippen molar-refractivity contribution in [3.8, 4) is 16.9 Å². The summed E-state index contributed by atoms with van der Waals surface area (Å²) in [5.74, 6) is -0.826. The molecule has 0 atom stereocenters. The fourth-order valence-electron chi connectivity index (χ4n) is 3.00. The molecule has 1 aromatic heterocycles. The van der Waals surface area contributed by atoms with E-state index in [4.69, 9.17) is 26.5 Å². The smallest absolute Gasteiger partial charge is 0.253 e. The number of ketones is 1. The lowest BCUT2D eigenvalue weighted by Crippen LogP contribution is -2.14. The molecule has 3 rings (SSSR count). The molecule has 0 aliphatic heterocycles. The summed E-state index contributed by atoms with van der Waals surface area (Å²) in [7, 11) is 1.48. The molecule has 2 aromatic carbocycles. The van der Waals surface area contributed by atoms with Crippen molar-refractivity contribution >= 4 is 34.3 Å². The lowest BCUT2D eigenvalue weighted by molar-refractivity contribution is 0.0958. The van der Waals surface area contributed by atoms with Gasteiger partial charge in [-0.3, -0.25) is 9.59 Å². The summed E-state index contributed by atoms with van der Waals surface area (Å²) >= 11 is 6.39. The van der Waals surface area contributed by atoms with Gasteiger partial charge in [-0.2, -0.15) is 0 Å².